The van der Waals surface area contributed by atoms with Gasteiger partial charge in [0.15, 0.2) is 10.3 Å². The van der Waals surface area contributed by atoms with Crippen LogP contribution in [-0.2, 0) is 0 Å². The largest absolute Gasteiger partial charge is 0.383 e. The molecule has 0 aliphatic rings. The van der Waals surface area contributed by atoms with Crippen molar-refractivity contribution in [2.75, 3.05) is 34.4 Å². The van der Waals surface area contributed by atoms with Gasteiger partial charge in [0.25, 0.3) is 0 Å². The van der Waals surface area contributed by atoms with Gasteiger partial charge < -0.3 is 22.9 Å². The van der Waals surface area contributed by atoms with E-state index < -0.39 is 0 Å². The second-order valence-corrected chi connectivity index (χ2v) is 6.18. The molecule has 21 heavy (non-hydrogen) atoms. The van der Waals surface area contributed by atoms with Gasteiger partial charge in [-0.05, 0) is 6.42 Å². The molecule has 112 valence electrons. The number of hydrogen-bond acceptors (Lipinski definition) is 10. The van der Waals surface area contributed by atoms with E-state index in [1.807, 2.05) is 0 Å². The standard InChI is InChI=1S/C11H16N8S2/c12-6-4-7(13)17-10(16-6)20-2-1-3-21-11-18-8(14)5-9(15)19-11/h4-5H,1-3H2,(H4,12,13,16,17)(H4,14,15,18,19). The Hall–Kier alpha value is -1.94. The Kier molecular flexibility index (Phi) is 5.28. The highest BCUT2D eigenvalue weighted by Gasteiger charge is 2.03. The van der Waals surface area contributed by atoms with Crippen molar-refractivity contribution in [3.63, 3.8) is 0 Å². The summed E-state index contributed by atoms with van der Waals surface area (Å²) in [5.74, 6) is 3.19. The average molecular weight is 324 g/mol. The van der Waals surface area contributed by atoms with Crippen molar-refractivity contribution in [3.8, 4) is 0 Å². The zero-order valence-corrected chi connectivity index (χ0v) is 12.8. The van der Waals surface area contributed by atoms with Crippen LogP contribution in [0.15, 0.2) is 22.4 Å². The van der Waals surface area contributed by atoms with Crippen LogP contribution in [0.2, 0.25) is 0 Å². The van der Waals surface area contributed by atoms with Gasteiger partial charge in [0.1, 0.15) is 23.3 Å². The number of nitrogens with two attached hydrogens (primary N) is 4. The molecule has 0 unspecified atom stereocenters. The maximum absolute atomic E-state index is 5.61. The molecule has 2 heterocycles. The topological polar surface area (TPSA) is 156 Å². The third-order valence-electron chi connectivity index (χ3n) is 2.24. The third kappa shape index (κ3) is 5.16. The summed E-state index contributed by atoms with van der Waals surface area (Å²) in [5.41, 5.74) is 22.4. The number of nitrogens with zero attached hydrogens (tertiary/aromatic N) is 4. The molecule has 0 aromatic carbocycles. The first-order valence-corrected chi connectivity index (χ1v) is 8.06. The number of thioether (sulfide) groups is 2. The summed E-state index contributed by atoms with van der Waals surface area (Å²) in [6, 6.07) is 3.06. The van der Waals surface area contributed by atoms with Gasteiger partial charge in [-0.1, -0.05) is 23.5 Å². The number of aromatic nitrogens is 4. The van der Waals surface area contributed by atoms with Crippen LogP contribution in [0.3, 0.4) is 0 Å². The molecule has 0 fully saturated rings. The highest BCUT2D eigenvalue weighted by molar-refractivity contribution is 8.00. The van der Waals surface area contributed by atoms with E-state index >= 15 is 0 Å². The Bertz CT molecular complexity index is 527. The molecule has 0 amide bonds. The first-order chi connectivity index (χ1) is 10.0. The summed E-state index contributed by atoms with van der Waals surface area (Å²) in [4.78, 5) is 16.4. The molecule has 0 saturated carbocycles. The van der Waals surface area contributed by atoms with Crippen LogP contribution in [0.5, 0.6) is 0 Å². The molecule has 0 spiro atoms. The Morgan fingerprint density at radius 2 is 1.00 bits per heavy atom. The third-order valence-corrected chi connectivity index (χ3v) is 4.11. The van der Waals surface area contributed by atoms with Crippen molar-refractivity contribution in [3.05, 3.63) is 12.1 Å². The van der Waals surface area contributed by atoms with E-state index in [-0.39, 0.29) is 0 Å². The maximum atomic E-state index is 5.61. The maximum Gasteiger partial charge on any atom is 0.191 e. The van der Waals surface area contributed by atoms with Gasteiger partial charge in [0.2, 0.25) is 0 Å². The lowest BCUT2D eigenvalue weighted by molar-refractivity contribution is 0.971. The summed E-state index contributed by atoms with van der Waals surface area (Å²) < 4.78 is 0. The highest BCUT2D eigenvalue weighted by Crippen LogP contribution is 2.21. The zero-order chi connectivity index (χ0) is 15.2. The van der Waals surface area contributed by atoms with Gasteiger partial charge in [0.05, 0.1) is 0 Å². The van der Waals surface area contributed by atoms with Gasteiger partial charge in [-0.3, -0.25) is 0 Å². The highest BCUT2D eigenvalue weighted by atomic mass is 32.2. The first-order valence-electron chi connectivity index (χ1n) is 6.08. The van der Waals surface area contributed by atoms with E-state index in [4.69, 9.17) is 22.9 Å². The summed E-state index contributed by atoms with van der Waals surface area (Å²) in [6.45, 7) is 0. The Morgan fingerprint density at radius 3 is 1.33 bits per heavy atom. The minimum absolute atomic E-state index is 0.378. The molecule has 0 saturated heterocycles. The van der Waals surface area contributed by atoms with Crippen molar-refractivity contribution in [1.29, 1.82) is 0 Å². The second-order valence-electron chi connectivity index (χ2n) is 4.05. The Labute approximate surface area is 130 Å². The molecule has 0 bridgehead atoms. The van der Waals surface area contributed by atoms with Crippen LogP contribution in [0.1, 0.15) is 6.42 Å². The van der Waals surface area contributed by atoms with Crippen LogP contribution in [0.4, 0.5) is 23.3 Å². The molecule has 8 nitrogen and oxygen atoms in total. The van der Waals surface area contributed by atoms with Crippen LogP contribution >= 0.6 is 23.5 Å². The number of nitrogen functional groups attached to an aromatic ring is 4. The molecule has 0 aliphatic heterocycles. The molecular weight excluding hydrogens is 308 g/mol. The predicted octanol–water partition coefficient (Wildman–Crippen LogP) is 0.870. The van der Waals surface area contributed by atoms with Crippen LogP contribution < -0.4 is 22.9 Å². The summed E-state index contributed by atoms with van der Waals surface area (Å²) in [5, 5.41) is 1.17. The van der Waals surface area contributed by atoms with Crippen LogP contribution in [0, 0.1) is 0 Å². The quantitative estimate of drug-likeness (QED) is 0.341. The van der Waals surface area contributed by atoms with Crippen molar-refractivity contribution in [2.45, 2.75) is 16.7 Å². The van der Waals surface area contributed by atoms with E-state index in [1.165, 1.54) is 35.7 Å². The van der Waals surface area contributed by atoms with E-state index in [0.717, 1.165) is 17.9 Å². The van der Waals surface area contributed by atoms with E-state index in [1.54, 1.807) is 0 Å². The molecule has 0 aliphatic carbocycles. The lowest BCUT2D eigenvalue weighted by Gasteiger charge is -2.03. The van der Waals surface area contributed by atoms with E-state index in [2.05, 4.69) is 19.9 Å². The molecule has 10 heteroatoms. The Balaban J connectivity index is 1.74. The van der Waals surface area contributed by atoms with Gasteiger partial charge in [-0.25, -0.2) is 19.9 Å². The monoisotopic (exact) mass is 324 g/mol. The number of anilines is 4. The van der Waals surface area contributed by atoms with Crippen molar-refractivity contribution >= 4 is 46.8 Å². The fraction of sp³-hybridized carbons (Fsp3) is 0.273. The lowest BCUT2D eigenvalue weighted by atomic mass is 10.5. The van der Waals surface area contributed by atoms with Crippen LogP contribution in [-0.4, -0.2) is 31.4 Å². The lowest BCUT2D eigenvalue weighted by Crippen LogP contribution is -2.00. The van der Waals surface area contributed by atoms with E-state index in [9.17, 15) is 0 Å². The predicted molar refractivity (Wildman–Crippen MR) is 87.8 cm³/mol. The molecule has 2 aromatic rings. The molecule has 0 radical (unpaired) electrons. The van der Waals surface area contributed by atoms with Gasteiger partial charge in [-0.15, -0.1) is 0 Å². The fourth-order valence-corrected chi connectivity index (χ4v) is 3.24. The smallest absolute Gasteiger partial charge is 0.191 e. The van der Waals surface area contributed by atoms with Gasteiger partial charge in [0, 0.05) is 23.6 Å². The van der Waals surface area contributed by atoms with Crippen molar-refractivity contribution < 1.29 is 0 Å². The van der Waals surface area contributed by atoms with Gasteiger partial charge >= 0.3 is 0 Å². The van der Waals surface area contributed by atoms with Crippen molar-refractivity contribution in [1.82, 2.24) is 19.9 Å². The second kappa shape index (κ2) is 7.18. The zero-order valence-electron chi connectivity index (χ0n) is 11.2. The Morgan fingerprint density at radius 1 is 0.667 bits per heavy atom. The molecule has 2 rings (SSSR count). The summed E-state index contributed by atoms with van der Waals surface area (Å²) in [6.07, 6.45) is 0.922. The van der Waals surface area contributed by atoms with Gasteiger partial charge in [-0.2, -0.15) is 0 Å². The van der Waals surface area contributed by atoms with Crippen molar-refractivity contribution in [2.24, 2.45) is 0 Å². The first kappa shape index (κ1) is 15.4. The number of hydrogen-bond donors (Lipinski definition) is 4. The molecular formula is C11H16N8S2. The average Bonchev–Trinajstić information content (AvgIpc) is 2.36. The van der Waals surface area contributed by atoms with E-state index in [0.29, 0.717) is 33.6 Å². The van der Waals surface area contributed by atoms with Crippen LogP contribution in [0.25, 0.3) is 0 Å². The normalized spacial score (nSPS) is 10.7. The molecule has 0 atom stereocenters. The summed E-state index contributed by atoms with van der Waals surface area (Å²) >= 11 is 3.01. The minimum Gasteiger partial charge on any atom is -0.383 e. The molecule has 2 aromatic heterocycles. The molecule has 8 N–H and O–H groups in total. The number of rotatable bonds is 6. The SMILES string of the molecule is Nc1cc(N)nc(SCCCSc2nc(N)cc(N)n2)n1. The summed E-state index contributed by atoms with van der Waals surface area (Å²) in [7, 11) is 0. The minimum atomic E-state index is 0.378. The fourth-order valence-electron chi connectivity index (χ4n) is 1.44.